The van der Waals surface area contributed by atoms with Gasteiger partial charge in [-0.1, -0.05) is 481 Å². The van der Waals surface area contributed by atoms with Crippen LogP contribution in [-0.2, 0) is 34.5 Å². The van der Waals surface area contributed by atoms with Gasteiger partial charge in [-0.05, 0) is 316 Å². The molecule has 3 heteroatoms. The summed E-state index contributed by atoms with van der Waals surface area (Å²) in [5.41, 5.74) is 45.4. The minimum absolute atomic E-state index is 0.0176. The van der Waals surface area contributed by atoms with Crippen molar-refractivity contribution in [2.24, 2.45) is 0 Å². The first-order valence-electron chi connectivity index (χ1n) is 56.9. The smallest absolute Gasteiger partial charge is 0.0465 e. The Morgan fingerprint density at radius 3 is 0.789 bits per heavy atom. The summed E-state index contributed by atoms with van der Waals surface area (Å²) >= 11 is 0. The average Bonchev–Trinajstić information content (AvgIpc) is 1.58. The van der Waals surface area contributed by atoms with E-state index in [9.17, 15) is 0 Å². The Kier molecular flexibility index (Phi) is 30.4. The van der Waals surface area contributed by atoms with Gasteiger partial charge in [-0.2, -0.15) is 0 Å². The van der Waals surface area contributed by atoms with Gasteiger partial charge in [-0.25, -0.2) is 0 Å². The zero-order chi connectivity index (χ0) is 100. The molecule has 147 heavy (non-hydrogen) atoms. The Hall–Kier alpha value is -13.6. The van der Waals surface area contributed by atoms with Gasteiger partial charge >= 0.3 is 0 Å². The number of unbranched alkanes of at least 4 members (excludes halogenated alkanes) is 18. The fourth-order valence-corrected chi connectivity index (χ4v) is 26.5. The minimum Gasteiger partial charge on any atom is -0.345 e. The van der Waals surface area contributed by atoms with E-state index in [1.807, 2.05) is 0 Å². The van der Waals surface area contributed by atoms with Crippen LogP contribution in [0.3, 0.4) is 0 Å². The van der Waals surface area contributed by atoms with Crippen molar-refractivity contribution in [1.82, 2.24) is 0 Å². The summed E-state index contributed by atoms with van der Waals surface area (Å²) < 4.78 is 0. The Bertz CT molecular complexity index is 7310. The molecular formula is C144H151N3. The monoisotopic (exact) mass is 1920 g/mol. The predicted molar refractivity (Wildman–Crippen MR) is 632 cm³/mol. The SMILES string of the molecule is CCCCCCC1(CCCCCC)c2ccccc2-c2ccc(N(C)c3ccc(-c4ccc(-c5ccc(N(c6ccc(-c7ccc(C(C)(c8ccc(-c9ccc(N(c%10ccccc%10)c%10ccc%11c(c%10)C(CCCCCC)(CCCCCC)c%10ccccc%10-%11)cc9)cc8)c8ccc(-c9cc%10c(c%11ccccc9%11)CC%10)cc8)cc7)cc6)c6ccc7c(c6)C(CCCCCC)(CCCCCC)c6ccccc6-7)cc5)cc4)cc3)cc21. The first-order chi connectivity index (χ1) is 72.4. The van der Waals surface area contributed by atoms with Crippen LogP contribution in [0.15, 0.2) is 382 Å². The van der Waals surface area contributed by atoms with Gasteiger partial charge in [0, 0.05) is 74.2 Å². The van der Waals surface area contributed by atoms with Gasteiger partial charge in [0.25, 0.3) is 0 Å². The first kappa shape index (κ1) is 99.4. The highest BCUT2D eigenvalue weighted by atomic mass is 15.1. The Labute approximate surface area is 879 Å². The number of hydrogen-bond donors (Lipinski definition) is 0. The van der Waals surface area contributed by atoms with Crippen molar-refractivity contribution < 1.29 is 0 Å². The summed E-state index contributed by atoms with van der Waals surface area (Å²) in [6, 6.07) is 149. The third-order valence-corrected chi connectivity index (χ3v) is 34.9. The van der Waals surface area contributed by atoms with Gasteiger partial charge in [-0.15, -0.1) is 0 Å². The number of para-hydroxylation sites is 1. The highest BCUT2D eigenvalue weighted by molar-refractivity contribution is 6.01. The highest BCUT2D eigenvalue weighted by Crippen LogP contribution is 2.61. The van der Waals surface area contributed by atoms with Gasteiger partial charge < -0.3 is 14.7 Å². The number of benzene rings is 17. The van der Waals surface area contributed by atoms with Crippen molar-refractivity contribution in [3.8, 4) is 89.0 Å². The molecule has 1 unspecified atom stereocenters. The molecule has 0 N–H and O–H groups in total. The molecule has 3 nitrogen and oxygen atoms in total. The number of anilines is 8. The van der Waals surface area contributed by atoms with Crippen molar-refractivity contribution in [3.05, 3.63) is 443 Å². The van der Waals surface area contributed by atoms with E-state index < -0.39 is 5.41 Å². The number of rotatable bonds is 46. The summed E-state index contributed by atoms with van der Waals surface area (Å²) in [6.45, 7) is 16.5. The number of hydrogen-bond acceptors (Lipinski definition) is 3. The molecule has 17 aromatic carbocycles. The van der Waals surface area contributed by atoms with Crippen molar-refractivity contribution >= 4 is 56.3 Å². The van der Waals surface area contributed by atoms with E-state index in [-0.39, 0.29) is 16.2 Å². The van der Waals surface area contributed by atoms with Crippen LogP contribution in [-0.4, -0.2) is 7.05 Å². The first-order valence-corrected chi connectivity index (χ1v) is 56.9. The van der Waals surface area contributed by atoms with Gasteiger partial charge in [0.2, 0.25) is 0 Å². The summed E-state index contributed by atoms with van der Waals surface area (Å²) in [6.07, 6.45) is 39.7. The van der Waals surface area contributed by atoms with Crippen LogP contribution >= 0.6 is 0 Å². The van der Waals surface area contributed by atoms with Crippen molar-refractivity contribution in [1.29, 1.82) is 0 Å². The maximum atomic E-state index is 2.62. The van der Waals surface area contributed by atoms with Crippen LogP contribution in [0.2, 0.25) is 0 Å². The van der Waals surface area contributed by atoms with Crippen LogP contribution in [0.1, 0.15) is 302 Å². The Morgan fingerprint density at radius 2 is 0.463 bits per heavy atom. The molecule has 0 spiro atoms. The molecule has 4 aliphatic carbocycles. The van der Waals surface area contributed by atoms with Gasteiger partial charge in [0.1, 0.15) is 0 Å². The fraction of sp³-hybridized carbons (Fsp3) is 0.306. The maximum Gasteiger partial charge on any atom is 0.0465 e. The maximum absolute atomic E-state index is 2.62. The molecule has 0 saturated heterocycles. The van der Waals surface area contributed by atoms with Crippen LogP contribution < -0.4 is 14.7 Å². The van der Waals surface area contributed by atoms with E-state index >= 15 is 0 Å². The molecule has 0 heterocycles. The molecule has 742 valence electrons. The summed E-state index contributed by atoms with van der Waals surface area (Å²) in [4.78, 5) is 7.44. The summed E-state index contributed by atoms with van der Waals surface area (Å²) in [5, 5.41) is 2.73. The topological polar surface area (TPSA) is 9.72 Å². The van der Waals surface area contributed by atoms with E-state index in [2.05, 4.69) is 452 Å². The lowest BCUT2D eigenvalue weighted by Crippen LogP contribution is -2.26. The highest BCUT2D eigenvalue weighted by Gasteiger charge is 2.47. The molecule has 1 atom stereocenters. The standard InChI is InChI=1S/C144H151N3/c1-9-15-21-38-94-142(95-39-22-16-10-2)135-51-35-32-48-128(135)131-91-87-122(101-138(131)142)145(8)117-79-64-108(65-80-117)104-54-56-105(57-55-104)109-66-83-120(84-67-109)147(124-89-93-133-130-50-34-37-53-137(130)144(140(133)103-124,98-42-25-19-13-5)99-43-26-20-14-6)121-85-70-111(71-86-121)107-60-75-115(76-61-107)141(7,116-77-62-112(63-78-116)134-100-113-72-90-125(113)126-46-30-31-47-127(126)134)114-73-58-106(59-74-114)110-68-81-119(82-69-110)146(118-44-28-27-29-45-118)123-88-92-132-129-49-33-36-52-136(129)143(139(132)102-123,96-40-23-17-11-3)97-41-24-18-12-4/h27-37,44-71,73-89,91-93,100-103H,9-26,38-43,72,90,94-99H2,1-8H3. The lowest BCUT2D eigenvalue weighted by molar-refractivity contribution is 0.401. The third kappa shape index (κ3) is 19.7. The summed E-state index contributed by atoms with van der Waals surface area (Å²) in [7, 11) is 2.25. The van der Waals surface area contributed by atoms with E-state index in [0.29, 0.717) is 0 Å². The lowest BCUT2D eigenvalue weighted by Gasteiger charge is -2.34. The lowest BCUT2D eigenvalue weighted by atomic mass is 9.70. The molecule has 0 radical (unpaired) electrons. The van der Waals surface area contributed by atoms with Crippen molar-refractivity contribution in [2.45, 2.75) is 276 Å². The average molecular weight is 1920 g/mol. The Balaban J connectivity index is 0.586. The molecule has 0 bridgehead atoms. The molecule has 0 aliphatic heterocycles. The summed E-state index contributed by atoms with van der Waals surface area (Å²) in [5.74, 6) is 0. The van der Waals surface area contributed by atoms with E-state index in [0.717, 1.165) is 48.4 Å². The van der Waals surface area contributed by atoms with Crippen molar-refractivity contribution in [2.75, 3.05) is 21.7 Å². The van der Waals surface area contributed by atoms with Crippen LogP contribution in [0.5, 0.6) is 0 Å². The van der Waals surface area contributed by atoms with Gasteiger partial charge in [0.15, 0.2) is 0 Å². The number of fused-ring (bicyclic) bond motifs is 12. The predicted octanol–water partition coefficient (Wildman–Crippen LogP) is 42.0. The van der Waals surface area contributed by atoms with E-state index in [4.69, 9.17) is 0 Å². The van der Waals surface area contributed by atoms with Crippen LogP contribution in [0, 0.1) is 0 Å². The van der Waals surface area contributed by atoms with Crippen LogP contribution in [0.25, 0.3) is 99.8 Å². The normalized spacial score (nSPS) is 13.9. The second-order valence-electron chi connectivity index (χ2n) is 43.7. The second-order valence-corrected chi connectivity index (χ2v) is 43.7. The van der Waals surface area contributed by atoms with Crippen LogP contribution in [0.4, 0.5) is 45.5 Å². The number of nitrogens with zero attached hydrogens (tertiary/aromatic N) is 3. The molecule has 21 rings (SSSR count). The third-order valence-electron chi connectivity index (χ3n) is 34.9. The molecular weight excluding hydrogens is 1770 g/mol. The Morgan fingerprint density at radius 1 is 0.204 bits per heavy atom. The molecule has 4 aliphatic rings. The molecule has 17 aromatic rings. The van der Waals surface area contributed by atoms with Gasteiger partial charge in [-0.3, -0.25) is 0 Å². The quantitative estimate of drug-likeness (QED) is 0.0278. The van der Waals surface area contributed by atoms with E-state index in [1.165, 1.54) is 358 Å². The molecule has 0 amide bonds. The fourth-order valence-electron chi connectivity index (χ4n) is 26.5. The van der Waals surface area contributed by atoms with Gasteiger partial charge in [0.05, 0.1) is 0 Å². The minimum atomic E-state index is -0.527. The van der Waals surface area contributed by atoms with E-state index in [1.54, 1.807) is 5.56 Å². The molecule has 0 aromatic heterocycles. The molecule has 0 saturated carbocycles. The zero-order valence-electron chi connectivity index (χ0n) is 88.8. The largest absolute Gasteiger partial charge is 0.345 e. The zero-order valence-corrected chi connectivity index (χ0v) is 88.8. The molecule has 0 fully saturated rings. The van der Waals surface area contributed by atoms with Crippen molar-refractivity contribution in [3.63, 3.8) is 0 Å². The number of aryl methyl sites for hydroxylation is 2. The second kappa shape index (κ2) is 45.0.